The van der Waals surface area contributed by atoms with Gasteiger partial charge in [0.05, 0.1) is 0 Å². The normalized spacial score (nSPS) is 25.9. The zero-order valence-electron chi connectivity index (χ0n) is 17.0. The maximum Gasteiger partial charge on any atom is 0.0141 e. The Labute approximate surface area is 169 Å². The third-order valence-corrected chi connectivity index (χ3v) is 8.72. The molecule has 6 rings (SSSR count). The van der Waals surface area contributed by atoms with Crippen molar-refractivity contribution >= 4 is 0 Å². The first-order valence-corrected chi connectivity index (χ1v) is 11.4. The number of hydrazine groups is 1. The summed E-state index contributed by atoms with van der Waals surface area (Å²) >= 11 is 0. The fourth-order valence-corrected chi connectivity index (χ4v) is 6.98. The second-order valence-electron chi connectivity index (χ2n) is 9.78. The van der Waals surface area contributed by atoms with Crippen molar-refractivity contribution in [1.82, 2.24) is 10.0 Å². The molecule has 2 aliphatic heterocycles. The third-order valence-electron chi connectivity index (χ3n) is 8.72. The van der Waals surface area contributed by atoms with Crippen LogP contribution in [0.15, 0.2) is 48.5 Å². The van der Waals surface area contributed by atoms with Crippen molar-refractivity contribution in [3.05, 3.63) is 70.8 Å². The van der Waals surface area contributed by atoms with Crippen LogP contribution in [-0.2, 0) is 23.7 Å². The fraction of sp³-hybridized carbons (Fsp3) is 0.538. The molecule has 0 aromatic heterocycles. The topological polar surface area (TPSA) is 6.48 Å². The molecule has 0 atom stereocenters. The van der Waals surface area contributed by atoms with E-state index < -0.39 is 0 Å². The van der Waals surface area contributed by atoms with Gasteiger partial charge in [-0.2, -0.15) is 0 Å². The Bertz CT molecular complexity index is 796. The van der Waals surface area contributed by atoms with Crippen LogP contribution in [0.4, 0.5) is 0 Å². The van der Waals surface area contributed by atoms with E-state index in [1.807, 2.05) is 0 Å². The van der Waals surface area contributed by atoms with E-state index in [-0.39, 0.29) is 0 Å². The molecule has 2 heterocycles. The molecular weight excluding hydrogens is 340 g/mol. The standard InChI is InChI=1S/C26H32N2/c1-3-7-23-21(5-1)9-11-25(23)13-17-27(18-14-25)28-19-15-26(16-20-28)12-10-22-6-2-4-8-24(22)26/h1-8H,9-20H2. The summed E-state index contributed by atoms with van der Waals surface area (Å²) in [5.74, 6) is 0. The first kappa shape index (κ1) is 17.2. The molecule has 2 aromatic rings. The minimum atomic E-state index is 0.481. The average Bonchev–Trinajstić information content (AvgIpc) is 3.30. The van der Waals surface area contributed by atoms with Gasteiger partial charge in [0.2, 0.25) is 0 Å². The highest BCUT2D eigenvalue weighted by Crippen LogP contribution is 2.48. The van der Waals surface area contributed by atoms with E-state index in [0.717, 1.165) is 0 Å². The molecule has 0 amide bonds. The van der Waals surface area contributed by atoms with Crippen molar-refractivity contribution in [2.24, 2.45) is 0 Å². The van der Waals surface area contributed by atoms with Crippen LogP contribution in [0.1, 0.15) is 60.8 Å². The Balaban J connectivity index is 1.12. The van der Waals surface area contributed by atoms with E-state index in [1.165, 1.54) is 77.5 Å². The SMILES string of the molecule is c1ccc2c(c1)CCC21CCN(N2CCC3(CCc4ccccc43)CC2)CC1. The lowest BCUT2D eigenvalue weighted by molar-refractivity contribution is -0.0778. The number of benzene rings is 2. The summed E-state index contributed by atoms with van der Waals surface area (Å²) in [6.45, 7) is 4.99. The summed E-state index contributed by atoms with van der Waals surface area (Å²) in [4.78, 5) is 0. The molecule has 2 aliphatic carbocycles. The Morgan fingerprint density at radius 3 is 1.32 bits per heavy atom. The lowest BCUT2D eigenvalue weighted by atomic mass is 9.73. The molecule has 4 aliphatic rings. The van der Waals surface area contributed by atoms with Gasteiger partial charge in [-0.3, -0.25) is 0 Å². The maximum atomic E-state index is 2.71. The van der Waals surface area contributed by atoms with Gasteiger partial charge >= 0.3 is 0 Å². The summed E-state index contributed by atoms with van der Waals surface area (Å²) in [5, 5.41) is 5.42. The molecule has 146 valence electrons. The van der Waals surface area contributed by atoms with Crippen LogP contribution in [0.25, 0.3) is 0 Å². The minimum Gasteiger partial charge on any atom is -0.242 e. The van der Waals surface area contributed by atoms with Crippen LogP contribution < -0.4 is 0 Å². The second kappa shape index (κ2) is 6.43. The number of fused-ring (bicyclic) bond motifs is 4. The third kappa shape index (κ3) is 2.54. The van der Waals surface area contributed by atoms with Crippen molar-refractivity contribution in [2.75, 3.05) is 26.2 Å². The molecule has 0 radical (unpaired) electrons. The van der Waals surface area contributed by atoms with Gasteiger partial charge in [0.1, 0.15) is 0 Å². The van der Waals surface area contributed by atoms with Gasteiger partial charge < -0.3 is 0 Å². The number of rotatable bonds is 1. The average molecular weight is 373 g/mol. The molecule has 0 unspecified atom stereocenters. The molecule has 0 bridgehead atoms. The van der Waals surface area contributed by atoms with Crippen molar-refractivity contribution in [3.8, 4) is 0 Å². The van der Waals surface area contributed by atoms with Crippen molar-refractivity contribution < 1.29 is 0 Å². The van der Waals surface area contributed by atoms with Crippen molar-refractivity contribution in [2.45, 2.75) is 62.2 Å². The molecule has 2 aromatic carbocycles. The molecular formula is C26H32N2. The van der Waals surface area contributed by atoms with Gasteiger partial charge in [0.25, 0.3) is 0 Å². The monoisotopic (exact) mass is 372 g/mol. The van der Waals surface area contributed by atoms with Gasteiger partial charge in [-0.15, -0.1) is 0 Å². The minimum absolute atomic E-state index is 0.481. The molecule has 2 heteroatoms. The lowest BCUT2D eigenvalue weighted by Gasteiger charge is -2.48. The Morgan fingerprint density at radius 1 is 0.500 bits per heavy atom. The van der Waals surface area contributed by atoms with E-state index in [1.54, 1.807) is 22.3 Å². The lowest BCUT2D eigenvalue weighted by Crippen LogP contribution is -2.54. The quantitative estimate of drug-likeness (QED) is 0.705. The van der Waals surface area contributed by atoms with Crippen LogP contribution in [0.3, 0.4) is 0 Å². The molecule has 2 spiro atoms. The van der Waals surface area contributed by atoms with Crippen LogP contribution >= 0.6 is 0 Å². The number of hydrogen-bond acceptors (Lipinski definition) is 2. The Kier molecular flexibility index (Phi) is 3.96. The van der Waals surface area contributed by atoms with E-state index in [0.29, 0.717) is 10.8 Å². The van der Waals surface area contributed by atoms with Gasteiger partial charge in [-0.05, 0) is 84.5 Å². The number of piperidine rings is 2. The predicted octanol–water partition coefficient (Wildman–Crippen LogP) is 4.86. The highest BCUT2D eigenvalue weighted by Gasteiger charge is 2.44. The Hall–Kier alpha value is -1.64. The summed E-state index contributed by atoms with van der Waals surface area (Å²) in [6, 6.07) is 18.5. The first-order valence-electron chi connectivity index (χ1n) is 11.4. The van der Waals surface area contributed by atoms with Crippen LogP contribution in [0, 0.1) is 0 Å². The number of aryl methyl sites for hydroxylation is 2. The van der Waals surface area contributed by atoms with Gasteiger partial charge in [-0.1, -0.05) is 48.5 Å². The van der Waals surface area contributed by atoms with Gasteiger partial charge in [0, 0.05) is 26.2 Å². The molecule has 2 saturated heterocycles. The second-order valence-corrected chi connectivity index (χ2v) is 9.78. The van der Waals surface area contributed by atoms with Crippen molar-refractivity contribution in [1.29, 1.82) is 0 Å². The van der Waals surface area contributed by atoms with Crippen LogP contribution in [-0.4, -0.2) is 36.2 Å². The first-order chi connectivity index (χ1) is 13.8. The highest BCUT2D eigenvalue weighted by molar-refractivity contribution is 5.41. The maximum absolute atomic E-state index is 2.71. The summed E-state index contributed by atoms with van der Waals surface area (Å²) in [7, 11) is 0. The van der Waals surface area contributed by atoms with Crippen LogP contribution in [0.5, 0.6) is 0 Å². The molecule has 0 saturated carbocycles. The largest absolute Gasteiger partial charge is 0.242 e. The fourth-order valence-electron chi connectivity index (χ4n) is 6.98. The summed E-state index contributed by atoms with van der Waals surface area (Å²) in [6.07, 6.45) is 10.7. The zero-order chi connectivity index (χ0) is 18.6. The van der Waals surface area contributed by atoms with E-state index in [9.17, 15) is 0 Å². The molecule has 2 nitrogen and oxygen atoms in total. The summed E-state index contributed by atoms with van der Waals surface area (Å²) in [5.41, 5.74) is 7.55. The zero-order valence-corrected chi connectivity index (χ0v) is 17.0. The highest BCUT2D eigenvalue weighted by atomic mass is 15.6. The smallest absolute Gasteiger partial charge is 0.0141 e. The summed E-state index contributed by atoms with van der Waals surface area (Å²) < 4.78 is 0. The van der Waals surface area contributed by atoms with E-state index in [2.05, 4.69) is 58.5 Å². The molecule has 28 heavy (non-hydrogen) atoms. The molecule has 0 N–H and O–H groups in total. The number of hydrogen-bond donors (Lipinski definition) is 0. The van der Waals surface area contributed by atoms with Gasteiger partial charge in [-0.25, -0.2) is 10.0 Å². The van der Waals surface area contributed by atoms with E-state index >= 15 is 0 Å². The Morgan fingerprint density at radius 2 is 0.893 bits per heavy atom. The number of nitrogens with zero attached hydrogens (tertiary/aromatic N) is 2. The van der Waals surface area contributed by atoms with E-state index in [4.69, 9.17) is 0 Å². The van der Waals surface area contributed by atoms with Crippen LogP contribution in [0.2, 0.25) is 0 Å². The van der Waals surface area contributed by atoms with Gasteiger partial charge in [0.15, 0.2) is 0 Å². The molecule has 2 fully saturated rings. The van der Waals surface area contributed by atoms with Crippen molar-refractivity contribution in [3.63, 3.8) is 0 Å². The predicted molar refractivity (Wildman–Crippen MR) is 114 cm³/mol.